The molecule has 4 nitrogen and oxygen atoms in total. The molecule has 4 heteroatoms. The fourth-order valence-corrected chi connectivity index (χ4v) is 3.97. The predicted molar refractivity (Wildman–Crippen MR) is 91.6 cm³/mol. The van der Waals surface area contributed by atoms with E-state index in [1.54, 1.807) is 0 Å². The average Bonchev–Trinajstić information content (AvgIpc) is 2.58. The number of carboxylic acid groups (broad SMARTS) is 1. The molecule has 0 radical (unpaired) electrons. The minimum absolute atomic E-state index is 0.648. The lowest BCUT2D eigenvalue weighted by Gasteiger charge is -2.34. The number of piperazine rings is 1. The van der Waals surface area contributed by atoms with Crippen LogP contribution < -0.4 is 0 Å². The Balaban J connectivity index is 1.69. The number of hydrogen-bond acceptors (Lipinski definition) is 3. The fraction of sp³-hybridized carbons (Fsp3) is 0.632. The molecule has 1 aliphatic carbocycles. The van der Waals surface area contributed by atoms with Crippen molar-refractivity contribution in [2.75, 3.05) is 33.2 Å². The van der Waals surface area contributed by atoms with Crippen molar-refractivity contribution in [3.8, 4) is 0 Å². The molecule has 2 fully saturated rings. The van der Waals surface area contributed by atoms with Gasteiger partial charge in [0.25, 0.3) is 0 Å². The summed E-state index contributed by atoms with van der Waals surface area (Å²) < 4.78 is 0. The standard InChI is InChI=1S/C19H28N2O2/c1-20-11-13-21(14-12-20)15-16-5-7-17(8-6-16)19(18(22)23)9-3-2-4-10-19/h5-8H,2-4,9-15H2,1H3,(H,22,23). The maximum Gasteiger partial charge on any atom is 0.314 e. The van der Waals surface area contributed by atoms with Crippen LogP contribution in [0.5, 0.6) is 0 Å². The van der Waals surface area contributed by atoms with Crippen LogP contribution in [0.1, 0.15) is 43.2 Å². The molecule has 1 saturated carbocycles. The zero-order valence-corrected chi connectivity index (χ0v) is 14.1. The molecular formula is C19H28N2O2. The molecule has 0 atom stereocenters. The summed E-state index contributed by atoms with van der Waals surface area (Å²) in [5.41, 5.74) is 1.63. The van der Waals surface area contributed by atoms with Crippen molar-refractivity contribution in [3.05, 3.63) is 35.4 Å². The smallest absolute Gasteiger partial charge is 0.314 e. The van der Waals surface area contributed by atoms with Crippen LogP contribution >= 0.6 is 0 Å². The topological polar surface area (TPSA) is 43.8 Å². The lowest BCUT2D eigenvalue weighted by atomic mass is 9.69. The van der Waals surface area contributed by atoms with Crippen molar-refractivity contribution in [2.45, 2.75) is 44.1 Å². The highest BCUT2D eigenvalue weighted by molar-refractivity contribution is 5.81. The van der Waals surface area contributed by atoms with E-state index in [1.807, 2.05) is 0 Å². The van der Waals surface area contributed by atoms with E-state index in [0.717, 1.165) is 70.4 Å². The van der Waals surface area contributed by atoms with Crippen LogP contribution in [0.15, 0.2) is 24.3 Å². The Morgan fingerprint density at radius 1 is 1.04 bits per heavy atom. The Hall–Kier alpha value is -1.39. The molecule has 0 amide bonds. The van der Waals surface area contributed by atoms with E-state index >= 15 is 0 Å². The third-order valence-electron chi connectivity index (χ3n) is 5.63. The third kappa shape index (κ3) is 3.59. The Labute approximate surface area is 139 Å². The van der Waals surface area contributed by atoms with Crippen molar-refractivity contribution in [2.24, 2.45) is 0 Å². The molecule has 3 rings (SSSR count). The van der Waals surface area contributed by atoms with Crippen LogP contribution in [0, 0.1) is 0 Å². The molecule has 1 aromatic carbocycles. The zero-order valence-electron chi connectivity index (χ0n) is 14.1. The van der Waals surface area contributed by atoms with Crippen LogP contribution in [0.4, 0.5) is 0 Å². The van der Waals surface area contributed by atoms with Crippen molar-refractivity contribution in [1.82, 2.24) is 9.80 Å². The number of hydrogen-bond donors (Lipinski definition) is 1. The molecule has 0 unspecified atom stereocenters. The van der Waals surface area contributed by atoms with Gasteiger partial charge in [-0.05, 0) is 31.0 Å². The van der Waals surface area contributed by atoms with Crippen LogP contribution in [-0.2, 0) is 16.8 Å². The lowest BCUT2D eigenvalue weighted by Crippen LogP contribution is -2.43. The number of likely N-dealkylation sites (N-methyl/N-ethyl adjacent to an activating group) is 1. The molecule has 0 aromatic heterocycles. The minimum Gasteiger partial charge on any atom is -0.481 e. The molecule has 1 heterocycles. The second-order valence-electron chi connectivity index (χ2n) is 7.22. The molecule has 1 saturated heterocycles. The van der Waals surface area contributed by atoms with Gasteiger partial charge in [0, 0.05) is 32.7 Å². The average molecular weight is 316 g/mol. The Morgan fingerprint density at radius 3 is 2.22 bits per heavy atom. The summed E-state index contributed by atoms with van der Waals surface area (Å²) >= 11 is 0. The first-order valence-electron chi connectivity index (χ1n) is 8.84. The van der Waals surface area contributed by atoms with Crippen molar-refractivity contribution >= 4 is 5.97 Å². The van der Waals surface area contributed by atoms with Gasteiger partial charge in [-0.1, -0.05) is 43.5 Å². The maximum absolute atomic E-state index is 11.9. The second kappa shape index (κ2) is 7.02. The second-order valence-corrected chi connectivity index (χ2v) is 7.22. The summed E-state index contributed by atoms with van der Waals surface area (Å²) in [4.78, 5) is 16.7. The van der Waals surface area contributed by atoms with Gasteiger partial charge >= 0.3 is 5.97 Å². The normalized spacial score (nSPS) is 22.8. The fourth-order valence-electron chi connectivity index (χ4n) is 3.97. The summed E-state index contributed by atoms with van der Waals surface area (Å²) in [5, 5.41) is 9.78. The van der Waals surface area contributed by atoms with Gasteiger partial charge in [0.15, 0.2) is 0 Å². The summed E-state index contributed by atoms with van der Waals surface area (Å²) in [6.07, 6.45) is 4.77. The van der Waals surface area contributed by atoms with E-state index in [4.69, 9.17) is 0 Å². The first-order valence-corrected chi connectivity index (χ1v) is 8.84. The molecular weight excluding hydrogens is 288 g/mol. The van der Waals surface area contributed by atoms with Gasteiger partial charge in [-0.2, -0.15) is 0 Å². The first-order chi connectivity index (χ1) is 11.1. The van der Waals surface area contributed by atoms with Gasteiger partial charge in [0.05, 0.1) is 5.41 Å². The SMILES string of the molecule is CN1CCN(Cc2ccc(C3(C(=O)O)CCCCC3)cc2)CC1. The van der Waals surface area contributed by atoms with Gasteiger partial charge in [-0.25, -0.2) is 0 Å². The van der Waals surface area contributed by atoms with Crippen molar-refractivity contribution in [3.63, 3.8) is 0 Å². The molecule has 2 aliphatic rings. The number of aliphatic carboxylic acids is 1. The van der Waals surface area contributed by atoms with E-state index in [1.165, 1.54) is 5.56 Å². The number of benzene rings is 1. The third-order valence-corrected chi connectivity index (χ3v) is 5.63. The molecule has 0 bridgehead atoms. The Bertz CT molecular complexity index is 527. The van der Waals surface area contributed by atoms with Crippen LogP contribution in [0.25, 0.3) is 0 Å². The van der Waals surface area contributed by atoms with Crippen LogP contribution in [0.3, 0.4) is 0 Å². The van der Waals surface area contributed by atoms with Crippen molar-refractivity contribution < 1.29 is 9.90 Å². The molecule has 1 N–H and O–H groups in total. The van der Waals surface area contributed by atoms with Gasteiger partial charge in [-0.3, -0.25) is 9.69 Å². The number of rotatable bonds is 4. The lowest BCUT2D eigenvalue weighted by molar-refractivity contribution is -0.145. The molecule has 1 aliphatic heterocycles. The van der Waals surface area contributed by atoms with Gasteiger partial charge in [-0.15, -0.1) is 0 Å². The Morgan fingerprint density at radius 2 is 1.65 bits per heavy atom. The van der Waals surface area contributed by atoms with Crippen molar-refractivity contribution in [1.29, 1.82) is 0 Å². The zero-order chi connectivity index (χ0) is 16.3. The molecule has 126 valence electrons. The molecule has 1 aromatic rings. The van der Waals surface area contributed by atoms with Gasteiger partial charge in [0.2, 0.25) is 0 Å². The van der Waals surface area contributed by atoms with Crippen LogP contribution in [-0.4, -0.2) is 54.1 Å². The van der Waals surface area contributed by atoms with Crippen LogP contribution in [0.2, 0.25) is 0 Å². The summed E-state index contributed by atoms with van der Waals surface area (Å²) in [6, 6.07) is 8.38. The van der Waals surface area contributed by atoms with E-state index in [2.05, 4.69) is 41.1 Å². The highest BCUT2D eigenvalue weighted by atomic mass is 16.4. The quantitative estimate of drug-likeness (QED) is 0.927. The maximum atomic E-state index is 11.9. The Kier molecular flexibility index (Phi) is 5.02. The van der Waals surface area contributed by atoms with E-state index < -0.39 is 11.4 Å². The first kappa shape index (κ1) is 16.5. The van der Waals surface area contributed by atoms with Gasteiger partial charge in [0.1, 0.15) is 0 Å². The highest BCUT2D eigenvalue weighted by Crippen LogP contribution is 2.39. The van der Waals surface area contributed by atoms with E-state index in [0.29, 0.717) is 0 Å². The monoisotopic (exact) mass is 316 g/mol. The van der Waals surface area contributed by atoms with Gasteiger partial charge < -0.3 is 10.0 Å². The highest BCUT2D eigenvalue weighted by Gasteiger charge is 2.41. The summed E-state index contributed by atoms with van der Waals surface area (Å²) in [5.74, 6) is -0.649. The number of carbonyl (C=O) groups is 1. The largest absolute Gasteiger partial charge is 0.481 e. The minimum atomic E-state index is -0.649. The summed E-state index contributed by atoms with van der Waals surface area (Å²) in [7, 11) is 2.17. The van der Waals surface area contributed by atoms with E-state index in [-0.39, 0.29) is 0 Å². The summed E-state index contributed by atoms with van der Waals surface area (Å²) in [6.45, 7) is 5.43. The van der Waals surface area contributed by atoms with E-state index in [9.17, 15) is 9.90 Å². The molecule has 23 heavy (non-hydrogen) atoms. The number of nitrogens with zero attached hydrogens (tertiary/aromatic N) is 2. The molecule has 0 spiro atoms. The predicted octanol–water partition coefficient (Wildman–Crippen LogP) is 2.72. The number of carboxylic acids is 1.